The maximum Gasteiger partial charge on any atom is 0.339 e. The number of carbonyl (C=O) groups is 1. The van der Waals surface area contributed by atoms with E-state index < -0.39 is 21.7 Å². The highest BCUT2D eigenvalue weighted by Gasteiger charge is 2.30. The molecule has 0 aliphatic rings. The Morgan fingerprint density at radius 3 is 1.97 bits per heavy atom. The Hall–Kier alpha value is -2.74. The van der Waals surface area contributed by atoms with Crippen LogP contribution in [0.1, 0.15) is 87.1 Å². The number of rotatable bonds is 16. The van der Waals surface area contributed by atoms with E-state index in [1.165, 1.54) is 64.5 Å². The molecule has 0 amide bonds. The van der Waals surface area contributed by atoms with Gasteiger partial charge in [0, 0.05) is 12.5 Å². The first-order valence-electron chi connectivity index (χ1n) is 12.3. The zero-order chi connectivity index (χ0) is 25.8. The number of ether oxygens (including phenoxy) is 2. The van der Waals surface area contributed by atoms with Crippen LogP contribution in [0.5, 0.6) is 23.0 Å². The van der Waals surface area contributed by atoms with Crippen molar-refractivity contribution in [2.75, 3.05) is 14.2 Å². The first-order chi connectivity index (χ1) is 16.7. The van der Waals surface area contributed by atoms with Crippen LogP contribution in [0, 0.1) is 6.92 Å². The molecular weight excluding hydrogens is 468 g/mol. The average molecular weight is 507 g/mol. The Morgan fingerprint density at radius 1 is 0.857 bits per heavy atom. The highest BCUT2D eigenvalue weighted by atomic mass is 32.2. The van der Waals surface area contributed by atoms with Crippen LogP contribution in [0.15, 0.2) is 35.2 Å². The van der Waals surface area contributed by atoms with Gasteiger partial charge < -0.3 is 18.8 Å². The fraction of sp³-hybridized carbons (Fsp3) is 0.519. The van der Waals surface area contributed by atoms with E-state index in [0.717, 1.165) is 24.8 Å². The molecule has 0 spiro atoms. The number of phenolic OH excluding ortho intramolecular Hbond substituents is 1. The molecule has 2 rings (SSSR count). The summed E-state index contributed by atoms with van der Waals surface area (Å²) in [5.74, 6) is -1.22. The van der Waals surface area contributed by atoms with E-state index in [1.807, 2.05) is 6.92 Å². The molecular formula is C27H38O7S. The molecule has 0 aliphatic carbocycles. The first kappa shape index (κ1) is 28.5. The van der Waals surface area contributed by atoms with Gasteiger partial charge in [-0.05, 0) is 25.5 Å². The molecule has 0 atom stereocenters. The van der Waals surface area contributed by atoms with Gasteiger partial charge in [-0.3, -0.25) is 4.79 Å². The van der Waals surface area contributed by atoms with Gasteiger partial charge in [0.25, 0.3) is 0 Å². The summed E-state index contributed by atoms with van der Waals surface area (Å²) in [7, 11) is -1.64. The minimum atomic E-state index is -4.30. The van der Waals surface area contributed by atoms with Gasteiger partial charge in [-0.2, -0.15) is 8.42 Å². The number of hydrogen-bond donors (Lipinski definition) is 1. The van der Waals surface area contributed by atoms with Crippen molar-refractivity contribution >= 4 is 15.9 Å². The summed E-state index contributed by atoms with van der Waals surface area (Å²) in [4.78, 5) is 13.0. The van der Waals surface area contributed by atoms with Crippen molar-refractivity contribution in [1.29, 1.82) is 0 Å². The van der Waals surface area contributed by atoms with E-state index in [1.54, 1.807) is 12.1 Å². The van der Waals surface area contributed by atoms with Crippen LogP contribution >= 0.6 is 0 Å². The van der Waals surface area contributed by atoms with Crippen LogP contribution in [-0.4, -0.2) is 33.5 Å². The molecule has 194 valence electrons. The van der Waals surface area contributed by atoms with Crippen molar-refractivity contribution in [3.63, 3.8) is 0 Å². The fourth-order valence-electron chi connectivity index (χ4n) is 3.88. The topological polar surface area (TPSA) is 99.1 Å². The van der Waals surface area contributed by atoms with Crippen molar-refractivity contribution < 1.29 is 32.0 Å². The molecule has 0 radical (unpaired) electrons. The van der Waals surface area contributed by atoms with Gasteiger partial charge in [0.15, 0.2) is 11.5 Å². The van der Waals surface area contributed by atoms with Crippen LogP contribution in [0.2, 0.25) is 0 Å². The Kier molecular flexibility index (Phi) is 11.4. The largest absolute Gasteiger partial charge is 0.507 e. The van der Waals surface area contributed by atoms with Gasteiger partial charge >= 0.3 is 10.1 Å². The SMILES string of the molecule is CCCCCCCCCCCC(=O)c1c(O)cc(OC)c(OC)c1OS(=O)(=O)c1ccc(C)cc1. The number of methoxy groups -OCH3 is 2. The molecule has 1 N–H and O–H groups in total. The highest BCUT2D eigenvalue weighted by Crippen LogP contribution is 2.46. The van der Waals surface area contributed by atoms with Crippen LogP contribution in [0.3, 0.4) is 0 Å². The third-order valence-corrected chi connectivity index (χ3v) is 7.13. The highest BCUT2D eigenvalue weighted by molar-refractivity contribution is 7.87. The standard InChI is InChI=1S/C27H38O7S/c1-5-6-7-8-9-10-11-12-13-14-22(28)25-23(29)19-24(32-3)26(33-4)27(25)34-35(30,31)21-17-15-20(2)16-18-21/h15-19,29H,5-14H2,1-4H3. The molecule has 0 saturated heterocycles. The van der Waals surface area contributed by atoms with Crippen molar-refractivity contribution in [3.8, 4) is 23.0 Å². The lowest BCUT2D eigenvalue weighted by molar-refractivity contribution is 0.0974. The van der Waals surface area contributed by atoms with Gasteiger partial charge in [0.1, 0.15) is 16.2 Å². The maximum absolute atomic E-state index is 13.1. The quantitative estimate of drug-likeness (QED) is 0.156. The number of phenols is 1. The maximum atomic E-state index is 13.1. The van der Waals surface area contributed by atoms with Gasteiger partial charge in [-0.1, -0.05) is 76.0 Å². The Bertz CT molecular complexity index is 1060. The molecule has 7 nitrogen and oxygen atoms in total. The Morgan fingerprint density at radius 2 is 1.43 bits per heavy atom. The van der Waals surface area contributed by atoms with E-state index in [4.69, 9.17) is 13.7 Å². The minimum Gasteiger partial charge on any atom is -0.507 e. The number of Topliss-reactive ketones (excluding diaryl/α,β-unsaturated/α-hetero) is 1. The lowest BCUT2D eigenvalue weighted by Crippen LogP contribution is -2.14. The Labute approximate surface area is 209 Å². The molecule has 8 heteroatoms. The summed E-state index contributed by atoms with van der Waals surface area (Å²) >= 11 is 0. The fourth-order valence-corrected chi connectivity index (χ4v) is 4.83. The molecule has 2 aromatic carbocycles. The second-order valence-corrected chi connectivity index (χ2v) is 10.2. The number of unbranched alkanes of at least 4 members (excludes halogenated alkanes) is 8. The van der Waals surface area contributed by atoms with Gasteiger partial charge in [0.2, 0.25) is 11.5 Å². The number of aryl methyl sites for hydroxylation is 1. The summed E-state index contributed by atoms with van der Waals surface area (Å²) in [6.07, 6.45) is 10.0. The number of ketones is 1. The van der Waals surface area contributed by atoms with Crippen molar-refractivity contribution in [2.45, 2.75) is 83.0 Å². The third kappa shape index (κ3) is 8.16. The van der Waals surface area contributed by atoms with Crippen LogP contribution in [-0.2, 0) is 10.1 Å². The van der Waals surface area contributed by atoms with Crippen molar-refractivity contribution in [3.05, 3.63) is 41.5 Å². The van der Waals surface area contributed by atoms with Crippen molar-refractivity contribution in [1.82, 2.24) is 0 Å². The van der Waals surface area contributed by atoms with E-state index >= 15 is 0 Å². The molecule has 0 saturated carbocycles. The van der Waals surface area contributed by atoms with E-state index in [9.17, 15) is 18.3 Å². The molecule has 0 unspecified atom stereocenters. The lowest BCUT2D eigenvalue weighted by Gasteiger charge is -2.18. The predicted molar refractivity (Wildman–Crippen MR) is 136 cm³/mol. The van der Waals surface area contributed by atoms with E-state index in [2.05, 4.69) is 6.92 Å². The molecule has 0 heterocycles. The second-order valence-electron chi connectivity index (χ2n) is 8.69. The first-order valence-corrected chi connectivity index (χ1v) is 13.7. The van der Waals surface area contributed by atoms with Crippen LogP contribution in [0.25, 0.3) is 0 Å². The van der Waals surface area contributed by atoms with Crippen LogP contribution < -0.4 is 13.7 Å². The van der Waals surface area contributed by atoms with Gasteiger partial charge in [-0.15, -0.1) is 0 Å². The molecule has 0 bridgehead atoms. The second kappa shape index (κ2) is 14.0. The molecule has 0 aromatic heterocycles. The summed E-state index contributed by atoms with van der Waals surface area (Å²) < 4.78 is 41.9. The Balaban J connectivity index is 2.20. The number of aromatic hydroxyl groups is 1. The normalized spacial score (nSPS) is 11.3. The summed E-state index contributed by atoms with van der Waals surface area (Å²) in [6, 6.07) is 7.36. The zero-order valence-corrected chi connectivity index (χ0v) is 22.1. The van der Waals surface area contributed by atoms with Gasteiger partial charge in [0.05, 0.1) is 14.2 Å². The van der Waals surface area contributed by atoms with Crippen molar-refractivity contribution in [2.24, 2.45) is 0 Å². The number of benzene rings is 2. The lowest BCUT2D eigenvalue weighted by atomic mass is 10.0. The zero-order valence-electron chi connectivity index (χ0n) is 21.3. The monoisotopic (exact) mass is 506 g/mol. The summed E-state index contributed by atoms with van der Waals surface area (Å²) in [6.45, 7) is 4.03. The average Bonchev–Trinajstić information content (AvgIpc) is 2.82. The molecule has 35 heavy (non-hydrogen) atoms. The van der Waals surface area contributed by atoms with Gasteiger partial charge in [-0.25, -0.2) is 0 Å². The molecule has 0 fully saturated rings. The molecule has 0 aliphatic heterocycles. The van der Waals surface area contributed by atoms with E-state index in [-0.39, 0.29) is 34.1 Å². The van der Waals surface area contributed by atoms with E-state index in [0.29, 0.717) is 6.42 Å². The third-order valence-electron chi connectivity index (χ3n) is 5.89. The smallest absolute Gasteiger partial charge is 0.339 e. The van der Waals surface area contributed by atoms with Crippen LogP contribution in [0.4, 0.5) is 0 Å². The molecule has 2 aromatic rings. The predicted octanol–water partition coefficient (Wildman–Crippen LogP) is 6.59. The minimum absolute atomic E-state index is 0.0544. The number of hydrogen-bond acceptors (Lipinski definition) is 7. The number of carbonyl (C=O) groups excluding carboxylic acids is 1. The summed E-state index contributed by atoms with van der Waals surface area (Å²) in [5.41, 5.74) is 0.662. The summed E-state index contributed by atoms with van der Waals surface area (Å²) in [5, 5.41) is 10.6.